The molecule has 1 aromatic carbocycles. The Morgan fingerprint density at radius 3 is 2.67 bits per heavy atom. The molecule has 1 fully saturated rings. The van der Waals surface area contributed by atoms with Crippen LogP contribution in [-0.2, 0) is 20.0 Å². The van der Waals surface area contributed by atoms with Crippen LogP contribution in [0, 0.1) is 12.7 Å². The number of aryl methyl sites for hydroxylation is 1. The van der Waals surface area contributed by atoms with Crippen LogP contribution in [0.5, 0.6) is 0 Å². The van der Waals surface area contributed by atoms with Crippen LogP contribution >= 0.6 is 24.0 Å². The number of guanidine groups is 1. The summed E-state index contributed by atoms with van der Waals surface area (Å²) in [6.45, 7) is 3.00. The first-order chi connectivity index (χ1) is 12.6. The number of halogens is 2. The van der Waals surface area contributed by atoms with Crippen LogP contribution in [0.15, 0.2) is 29.3 Å². The maximum atomic E-state index is 13.8. The number of nitrogens with one attached hydrogen (secondary N) is 2. The van der Waals surface area contributed by atoms with Crippen LogP contribution in [-0.4, -0.2) is 33.3 Å². The molecule has 6 nitrogen and oxygen atoms in total. The van der Waals surface area contributed by atoms with E-state index in [-0.39, 0.29) is 29.8 Å². The van der Waals surface area contributed by atoms with Gasteiger partial charge in [-0.25, -0.2) is 9.38 Å². The van der Waals surface area contributed by atoms with Gasteiger partial charge in [0, 0.05) is 19.6 Å². The summed E-state index contributed by atoms with van der Waals surface area (Å²) in [5.74, 6) is 2.29. The molecule has 148 valence electrons. The molecule has 1 aromatic heterocycles. The zero-order chi connectivity index (χ0) is 18.4. The molecule has 0 unspecified atom stereocenters. The molecule has 1 aliphatic rings. The van der Waals surface area contributed by atoms with Crippen molar-refractivity contribution in [2.45, 2.75) is 51.6 Å². The maximum Gasteiger partial charge on any atom is 0.191 e. The lowest BCUT2D eigenvalue weighted by atomic mass is 10.1. The summed E-state index contributed by atoms with van der Waals surface area (Å²) in [6.07, 6.45) is 5.45. The van der Waals surface area contributed by atoms with Crippen LogP contribution in [0.25, 0.3) is 0 Å². The third kappa shape index (κ3) is 6.15. The van der Waals surface area contributed by atoms with E-state index < -0.39 is 0 Å². The summed E-state index contributed by atoms with van der Waals surface area (Å²) in [5, 5.41) is 15.1. The van der Waals surface area contributed by atoms with Gasteiger partial charge in [-0.15, -0.1) is 34.2 Å². The molecule has 0 radical (unpaired) electrons. The second kappa shape index (κ2) is 10.6. The number of benzene rings is 1. The normalized spacial score (nSPS) is 14.9. The SMILES string of the molecule is Cc1nnc(CN=C(NCCc2ccccc2F)NC2CCCC2)n1C.I. The van der Waals surface area contributed by atoms with E-state index in [4.69, 9.17) is 0 Å². The zero-order valence-corrected chi connectivity index (χ0v) is 18.2. The fourth-order valence-electron chi connectivity index (χ4n) is 3.17. The quantitative estimate of drug-likeness (QED) is 0.374. The highest BCUT2D eigenvalue weighted by Crippen LogP contribution is 2.17. The first-order valence-electron chi connectivity index (χ1n) is 9.26. The molecule has 0 bridgehead atoms. The molecule has 3 rings (SSSR count). The molecule has 1 aliphatic carbocycles. The first-order valence-corrected chi connectivity index (χ1v) is 9.26. The molecule has 27 heavy (non-hydrogen) atoms. The molecule has 8 heteroatoms. The molecule has 0 spiro atoms. The standard InChI is InChI=1S/C19H27FN6.HI/c1-14-24-25-18(26(14)2)13-22-19(23-16-8-4-5-9-16)21-12-11-15-7-3-6-10-17(15)20;/h3,6-7,10,16H,4-5,8-9,11-13H2,1-2H3,(H2,21,22,23);1H. The first kappa shape index (κ1) is 21.6. The van der Waals surface area contributed by atoms with Crippen molar-refractivity contribution in [3.63, 3.8) is 0 Å². The van der Waals surface area contributed by atoms with Gasteiger partial charge < -0.3 is 15.2 Å². The van der Waals surface area contributed by atoms with Gasteiger partial charge in [-0.05, 0) is 37.8 Å². The molecular weight excluding hydrogens is 458 g/mol. The fourth-order valence-corrected chi connectivity index (χ4v) is 3.17. The lowest BCUT2D eigenvalue weighted by molar-refractivity contribution is 0.597. The Labute approximate surface area is 177 Å². The molecule has 1 saturated carbocycles. The molecule has 0 aliphatic heterocycles. The number of nitrogens with zero attached hydrogens (tertiary/aromatic N) is 4. The van der Waals surface area contributed by atoms with E-state index in [2.05, 4.69) is 25.8 Å². The lowest BCUT2D eigenvalue weighted by Gasteiger charge is -2.17. The third-order valence-electron chi connectivity index (χ3n) is 4.90. The van der Waals surface area contributed by atoms with Gasteiger partial charge in [-0.2, -0.15) is 0 Å². The summed E-state index contributed by atoms with van der Waals surface area (Å²) in [4.78, 5) is 4.66. The minimum Gasteiger partial charge on any atom is -0.356 e. The Kier molecular flexibility index (Phi) is 8.46. The van der Waals surface area contributed by atoms with Gasteiger partial charge in [0.05, 0.1) is 0 Å². The van der Waals surface area contributed by atoms with Crippen LogP contribution in [0.1, 0.15) is 42.9 Å². The van der Waals surface area contributed by atoms with Gasteiger partial charge in [0.1, 0.15) is 18.2 Å². The summed E-state index contributed by atoms with van der Waals surface area (Å²) >= 11 is 0. The number of aliphatic imine (C=N–C) groups is 1. The van der Waals surface area contributed by atoms with E-state index in [1.165, 1.54) is 18.9 Å². The number of hydrogen-bond donors (Lipinski definition) is 2. The maximum absolute atomic E-state index is 13.8. The van der Waals surface area contributed by atoms with Crippen molar-refractivity contribution in [3.8, 4) is 0 Å². The van der Waals surface area contributed by atoms with Gasteiger partial charge in [0.2, 0.25) is 0 Å². The molecule has 2 aromatic rings. The average Bonchev–Trinajstić information content (AvgIpc) is 3.25. The highest BCUT2D eigenvalue weighted by atomic mass is 127. The summed E-state index contributed by atoms with van der Waals surface area (Å²) in [5.41, 5.74) is 0.712. The molecule has 1 heterocycles. The largest absolute Gasteiger partial charge is 0.356 e. The van der Waals surface area contributed by atoms with Crippen LogP contribution < -0.4 is 10.6 Å². The minimum atomic E-state index is -0.161. The van der Waals surface area contributed by atoms with Gasteiger partial charge in [0.15, 0.2) is 11.8 Å². The summed E-state index contributed by atoms with van der Waals surface area (Å²) in [7, 11) is 1.94. The summed E-state index contributed by atoms with van der Waals surface area (Å²) < 4.78 is 15.7. The van der Waals surface area contributed by atoms with Crippen molar-refractivity contribution in [3.05, 3.63) is 47.3 Å². The fraction of sp³-hybridized carbons (Fsp3) is 0.526. The van der Waals surface area contributed by atoms with Crippen molar-refractivity contribution in [2.75, 3.05) is 6.54 Å². The lowest BCUT2D eigenvalue weighted by Crippen LogP contribution is -2.43. The zero-order valence-electron chi connectivity index (χ0n) is 15.9. The number of aromatic nitrogens is 3. The average molecular weight is 486 g/mol. The van der Waals surface area contributed by atoms with E-state index in [1.807, 2.05) is 30.7 Å². The Hall–Kier alpha value is -1.71. The van der Waals surface area contributed by atoms with Crippen molar-refractivity contribution in [1.82, 2.24) is 25.4 Å². The van der Waals surface area contributed by atoms with Crippen LogP contribution in [0.2, 0.25) is 0 Å². The van der Waals surface area contributed by atoms with Crippen molar-refractivity contribution < 1.29 is 4.39 Å². The van der Waals surface area contributed by atoms with Gasteiger partial charge in [-0.3, -0.25) is 0 Å². The van der Waals surface area contributed by atoms with Gasteiger partial charge in [0.25, 0.3) is 0 Å². The Morgan fingerprint density at radius 2 is 2.00 bits per heavy atom. The highest BCUT2D eigenvalue weighted by Gasteiger charge is 2.16. The number of hydrogen-bond acceptors (Lipinski definition) is 3. The van der Waals surface area contributed by atoms with E-state index >= 15 is 0 Å². The molecule has 0 saturated heterocycles. The third-order valence-corrected chi connectivity index (χ3v) is 4.90. The van der Waals surface area contributed by atoms with Crippen molar-refractivity contribution >= 4 is 29.9 Å². The van der Waals surface area contributed by atoms with Crippen LogP contribution in [0.3, 0.4) is 0 Å². The minimum absolute atomic E-state index is 0. The van der Waals surface area contributed by atoms with Crippen molar-refractivity contribution in [2.24, 2.45) is 12.0 Å². The van der Waals surface area contributed by atoms with Gasteiger partial charge >= 0.3 is 0 Å². The Bertz CT molecular complexity index is 754. The molecule has 2 N–H and O–H groups in total. The second-order valence-corrected chi connectivity index (χ2v) is 6.78. The highest BCUT2D eigenvalue weighted by molar-refractivity contribution is 14.0. The van der Waals surface area contributed by atoms with E-state index in [9.17, 15) is 4.39 Å². The second-order valence-electron chi connectivity index (χ2n) is 6.78. The molecule has 0 amide bonds. The smallest absolute Gasteiger partial charge is 0.191 e. The topological polar surface area (TPSA) is 67.1 Å². The monoisotopic (exact) mass is 486 g/mol. The van der Waals surface area contributed by atoms with Gasteiger partial charge in [-0.1, -0.05) is 31.0 Å². The predicted molar refractivity (Wildman–Crippen MR) is 116 cm³/mol. The molecule has 0 atom stereocenters. The van der Waals surface area contributed by atoms with Crippen molar-refractivity contribution in [1.29, 1.82) is 0 Å². The van der Waals surface area contributed by atoms with E-state index in [0.29, 0.717) is 31.1 Å². The predicted octanol–water partition coefficient (Wildman–Crippen LogP) is 3.10. The number of rotatable bonds is 6. The summed E-state index contributed by atoms with van der Waals surface area (Å²) in [6, 6.07) is 7.35. The Balaban J connectivity index is 0.00000261. The molecular formula is C19H28FIN6. The van der Waals surface area contributed by atoms with Crippen LogP contribution in [0.4, 0.5) is 4.39 Å². The van der Waals surface area contributed by atoms with E-state index in [0.717, 1.165) is 30.5 Å². The Morgan fingerprint density at radius 1 is 1.26 bits per heavy atom. The van der Waals surface area contributed by atoms with E-state index in [1.54, 1.807) is 6.07 Å².